The molecule has 2 aromatic heterocycles. The van der Waals surface area contributed by atoms with E-state index in [0.29, 0.717) is 53.2 Å². The maximum Gasteiger partial charge on any atom is 0.240 e. The first kappa shape index (κ1) is 31.6. The molecule has 47 heavy (non-hydrogen) atoms. The summed E-state index contributed by atoms with van der Waals surface area (Å²) in [7, 11) is 4.75. The van der Waals surface area contributed by atoms with Gasteiger partial charge in [-0.1, -0.05) is 22.9 Å². The predicted molar refractivity (Wildman–Crippen MR) is 179 cm³/mol. The average molecular weight is 656 g/mol. The van der Waals surface area contributed by atoms with Crippen LogP contribution in [0.3, 0.4) is 0 Å². The quantitative estimate of drug-likeness (QED) is 0.175. The third kappa shape index (κ3) is 6.92. The summed E-state index contributed by atoms with van der Waals surface area (Å²) in [4.78, 5) is 16.9. The number of amides is 1. The highest BCUT2D eigenvalue weighted by Gasteiger charge is 2.32. The summed E-state index contributed by atoms with van der Waals surface area (Å²) in [5.74, 6) is 2.14. The van der Waals surface area contributed by atoms with Crippen molar-refractivity contribution in [3.63, 3.8) is 0 Å². The largest absolute Gasteiger partial charge is 0.493 e. The number of carbonyl (C=O) groups is 1. The van der Waals surface area contributed by atoms with Gasteiger partial charge >= 0.3 is 0 Å². The van der Waals surface area contributed by atoms with Crippen molar-refractivity contribution in [3.8, 4) is 23.0 Å². The Hall–Kier alpha value is -5.36. The van der Waals surface area contributed by atoms with Crippen molar-refractivity contribution in [2.24, 2.45) is 5.10 Å². The Kier molecular flexibility index (Phi) is 9.39. The van der Waals surface area contributed by atoms with Gasteiger partial charge in [0.15, 0.2) is 23.0 Å². The molecule has 0 spiro atoms. The monoisotopic (exact) mass is 655 g/mol. The van der Waals surface area contributed by atoms with Gasteiger partial charge in [0.1, 0.15) is 12.3 Å². The normalized spacial score (nSPS) is 14.2. The van der Waals surface area contributed by atoms with E-state index in [2.05, 4.69) is 25.7 Å². The summed E-state index contributed by atoms with van der Waals surface area (Å²) in [6.45, 7) is 2.95. The van der Waals surface area contributed by atoms with E-state index in [-0.39, 0.29) is 18.6 Å². The number of nitrogens with zero attached hydrogens (tertiary/aromatic N) is 6. The number of anilines is 1. The van der Waals surface area contributed by atoms with E-state index in [1.165, 1.54) is 11.9 Å². The zero-order valence-corrected chi connectivity index (χ0v) is 27.2. The van der Waals surface area contributed by atoms with Crippen LogP contribution >= 0.6 is 11.6 Å². The number of aromatic nitrogens is 4. The molecule has 1 N–H and O–H groups in total. The van der Waals surface area contributed by atoms with E-state index in [1.807, 2.05) is 66.9 Å². The second-order valence-corrected chi connectivity index (χ2v) is 11.3. The number of rotatable bonds is 12. The highest BCUT2D eigenvalue weighted by molar-refractivity contribution is 6.31. The maximum atomic E-state index is 12.6. The molecule has 1 unspecified atom stereocenters. The molecule has 0 bridgehead atoms. The second kappa shape index (κ2) is 14.0. The minimum atomic E-state index is -0.287. The first-order chi connectivity index (χ1) is 22.9. The highest BCUT2D eigenvalue weighted by Crippen LogP contribution is 2.38. The van der Waals surface area contributed by atoms with Gasteiger partial charge in [-0.25, -0.2) is 5.01 Å². The summed E-state index contributed by atoms with van der Waals surface area (Å²) in [5.41, 5.74) is 4.95. The molecule has 1 aliphatic rings. The zero-order chi connectivity index (χ0) is 32.9. The molecule has 13 heteroatoms. The lowest BCUT2D eigenvalue weighted by Crippen LogP contribution is -2.24. The molecule has 0 aliphatic carbocycles. The number of hydrogen-bond donors (Lipinski definition) is 1. The van der Waals surface area contributed by atoms with Gasteiger partial charge in [0.2, 0.25) is 5.91 Å². The van der Waals surface area contributed by atoms with Crippen LogP contribution in [0.5, 0.6) is 23.0 Å². The van der Waals surface area contributed by atoms with Crippen LogP contribution in [0.1, 0.15) is 36.2 Å². The predicted octanol–water partition coefficient (Wildman–Crippen LogP) is 5.89. The van der Waals surface area contributed by atoms with Crippen molar-refractivity contribution < 1.29 is 23.7 Å². The van der Waals surface area contributed by atoms with Crippen LogP contribution in [0.15, 0.2) is 78.2 Å². The van der Waals surface area contributed by atoms with Gasteiger partial charge in [-0.3, -0.25) is 14.5 Å². The third-order valence-electron chi connectivity index (χ3n) is 7.84. The van der Waals surface area contributed by atoms with Gasteiger partial charge in [-0.05, 0) is 60.2 Å². The fourth-order valence-electron chi connectivity index (χ4n) is 5.51. The van der Waals surface area contributed by atoms with Crippen molar-refractivity contribution in [3.05, 3.63) is 94.9 Å². The first-order valence-electron chi connectivity index (χ1n) is 14.9. The molecule has 0 saturated carbocycles. The lowest BCUT2D eigenvalue weighted by atomic mass is 9.97. The van der Waals surface area contributed by atoms with Crippen LogP contribution in [0.4, 0.5) is 5.69 Å². The molecule has 1 aliphatic heterocycles. The molecular formula is C34H34ClN7O5. The number of fused-ring (bicyclic) bond motifs is 1. The summed E-state index contributed by atoms with van der Waals surface area (Å²) in [6, 6.07) is 18.5. The molecule has 3 aromatic carbocycles. The molecule has 1 atom stereocenters. The molecule has 3 heterocycles. The fraction of sp³-hybridized carbons (Fsp3) is 0.265. The number of pyridine rings is 1. The molecule has 5 aromatic rings. The standard InChI is InChI=1S/C34H34ClN7O5/c1-21(43)42-30(23-6-9-31(44-2)33(16-23)45-3)18-28(39-42)22-5-10-32(34(15-22)46-4)47-20-25-19-41(40-38-25)14-13-37-27-11-12-36-29-17-24(35)7-8-26(27)29/h5-12,15-17,19,30H,13-14,18,20H2,1-4H3,(H,36,37). The van der Waals surface area contributed by atoms with E-state index in [9.17, 15) is 4.79 Å². The minimum absolute atomic E-state index is 0.160. The van der Waals surface area contributed by atoms with Gasteiger partial charge in [0, 0.05) is 47.7 Å². The smallest absolute Gasteiger partial charge is 0.240 e. The van der Waals surface area contributed by atoms with Crippen LogP contribution in [0.25, 0.3) is 10.9 Å². The van der Waals surface area contributed by atoms with Crippen LogP contribution < -0.4 is 24.3 Å². The minimum Gasteiger partial charge on any atom is -0.493 e. The van der Waals surface area contributed by atoms with Crippen molar-refractivity contribution >= 4 is 39.8 Å². The SMILES string of the molecule is COc1ccc(C2CC(c3ccc(OCc4cn(CCNc5ccnc6cc(Cl)ccc56)nn4)c(OC)c3)=NN2C(C)=O)cc1OC. The Morgan fingerprint density at radius 3 is 2.53 bits per heavy atom. The lowest BCUT2D eigenvalue weighted by molar-refractivity contribution is -0.130. The average Bonchev–Trinajstić information content (AvgIpc) is 3.75. The summed E-state index contributed by atoms with van der Waals surface area (Å²) >= 11 is 6.11. The molecule has 242 valence electrons. The zero-order valence-electron chi connectivity index (χ0n) is 26.4. The topological polar surface area (TPSA) is 125 Å². The molecule has 0 radical (unpaired) electrons. The van der Waals surface area contributed by atoms with Gasteiger partial charge in [0.05, 0.1) is 51.3 Å². The molecule has 0 saturated heterocycles. The number of benzene rings is 3. The third-order valence-corrected chi connectivity index (χ3v) is 8.08. The van der Waals surface area contributed by atoms with Crippen molar-refractivity contribution in [2.75, 3.05) is 33.2 Å². The fourth-order valence-corrected chi connectivity index (χ4v) is 5.67. The summed E-state index contributed by atoms with van der Waals surface area (Å²) < 4.78 is 24.3. The van der Waals surface area contributed by atoms with E-state index in [1.54, 1.807) is 32.2 Å². The van der Waals surface area contributed by atoms with E-state index < -0.39 is 0 Å². The van der Waals surface area contributed by atoms with Crippen LogP contribution in [0.2, 0.25) is 5.02 Å². The van der Waals surface area contributed by atoms with Crippen molar-refractivity contribution in [1.82, 2.24) is 25.0 Å². The molecular weight excluding hydrogens is 622 g/mol. The number of halogens is 1. The molecule has 6 rings (SSSR count). The maximum absolute atomic E-state index is 12.6. The summed E-state index contributed by atoms with van der Waals surface area (Å²) in [5, 5.41) is 19.8. The van der Waals surface area contributed by atoms with E-state index >= 15 is 0 Å². The Morgan fingerprint density at radius 2 is 1.74 bits per heavy atom. The molecule has 1 amide bonds. The molecule has 12 nitrogen and oxygen atoms in total. The first-order valence-corrected chi connectivity index (χ1v) is 15.3. The van der Waals surface area contributed by atoms with Crippen LogP contribution in [0, 0.1) is 0 Å². The van der Waals surface area contributed by atoms with Gasteiger partial charge < -0.3 is 24.3 Å². The Morgan fingerprint density at radius 1 is 0.957 bits per heavy atom. The number of methoxy groups -OCH3 is 3. The molecule has 0 fully saturated rings. The Bertz CT molecular complexity index is 1950. The number of hydrogen-bond acceptors (Lipinski definition) is 10. The second-order valence-electron chi connectivity index (χ2n) is 10.8. The Labute approximate surface area is 276 Å². The van der Waals surface area contributed by atoms with Gasteiger partial charge in [-0.15, -0.1) is 5.10 Å². The van der Waals surface area contributed by atoms with Crippen LogP contribution in [-0.4, -0.2) is 64.5 Å². The van der Waals surface area contributed by atoms with Crippen molar-refractivity contribution in [2.45, 2.75) is 32.5 Å². The van der Waals surface area contributed by atoms with E-state index in [0.717, 1.165) is 33.4 Å². The Balaban J connectivity index is 1.08. The number of hydrazone groups is 1. The number of nitrogens with one attached hydrogen (secondary N) is 1. The highest BCUT2D eigenvalue weighted by atomic mass is 35.5. The van der Waals surface area contributed by atoms with Crippen molar-refractivity contribution in [1.29, 1.82) is 0 Å². The summed E-state index contributed by atoms with van der Waals surface area (Å²) in [6.07, 6.45) is 4.12. The number of ether oxygens (including phenoxy) is 4. The number of carbonyl (C=O) groups excluding carboxylic acids is 1. The van der Waals surface area contributed by atoms with E-state index in [4.69, 9.17) is 30.5 Å². The van der Waals surface area contributed by atoms with Gasteiger partial charge in [-0.2, -0.15) is 5.10 Å². The van der Waals surface area contributed by atoms with Crippen LogP contribution in [-0.2, 0) is 17.9 Å². The van der Waals surface area contributed by atoms with Gasteiger partial charge in [0.25, 0.3) is 0 Å². The lowest BCUT2D eigenvalue weighted by Gasteiger charge is -2.21.